The van der Waals surface area contributed by atoms with Crippen molar-refractivity contribution in [3.63, 3.8) is 0 Å². The summed E-state index contributed by atoms with van der Waals surface area (Å²) in [7, 11) is 0. The van der Waals surface area contributed by atoms with Crippen LogP contribution in [0.25, 0.3) is 0 Å². The molecular weight excluding hydrogens is 438 g/mol. The zero-order valence-electron chi connectivity index (χ0n) is 18.4. The number of hydrogen-bond acceptors (Lipinski definition) is 4. The van der Waals surface area contributed by atoms with Crippen LogP contribution in [0.3, 0.4) is 0 Å². The second-order valence-corrected chi connectivity index (χ2v) is 8.57. The predicted octanol–water partition coefficient (Wildman–Crippen LogP) is 6.56. The van der Waals surface area contributed by atoms with E-state index >= 15 is 0 Å². The smallest absolute Gasteiger partial charge is 0.267 e. The lowest BCUT2D eigenvalue weighted by molar-refractivity contribution is -0.112. The first-order chi connectivity index (χ1) is 16.7. The van der Waals surface area contributed by atoms with Crippen LogP contribution in [0.1, 0.15) is 17.2 Å². The van der Waals surface area contributed by atoms with Crippen LogP contribution in [0, 0.1) is 11.3 Å². The molecule has 2 N–H and O–H groups in total. The van der Waals surface area contributed by atoms with Gasteiger partial charge in [-0.15, -0.1) is 0 Å². The number of carbonyl (C=O) groups is 1. The SMILES string of the molecule is N#C/C(=C/NC(c1ccccc1)c1ccccc1)C(=O)Nc1ccccc1Sc1ccccc1. The Kier molecular flexibility index (Phi) is 7.78. The van der Waals surface area contributed by atoms with Gasteiger partial charge in [0.05, 0.1) is 11.7 Å². The van der Waals surface area contributed by atoms with E-state index in [1.165, 1.54) is 6.20 Å². The van der Waals surface area contributed by atoms with Crippen molar-refractivity contribution >= 4 is 23.4 Å². The van der Waals surface area contributed by atoms with Crippen LogP contribution in [0.15, 0.2) is 137 Å². The number of anilines is 1. The van der Waals surface area contributed by atoms with Crippen LogP contribution in [0.2, 0.25) is 0 Å². The number of benzene rings is 4. The van der Waals surface area contributed by atoms with Crippen molar-refractivity contribution in [2.24, 2.45) is 0 Å². The highest BCUT2D eigenvalue weighted by molar-refractivity contribution is 7.99. The van der Waals surface area contributed by atoms with Gasteiger partial charge < -0.3 is 10.6 Å². The summed E-state index contributed by atoms with van der Waals surface area (Å²) >= 11 is 1.56. The Morgan fingerprint density at radius 1 is 0.765 bits per heavy atom. The number of rotatable bonds is 8. The Morgan fingerprint density at radius 3 is 1.88 bits per heavy atom. The first-order valence-corrected chi connectivity index (χ1v) is 11.7. The van der Waals surface area contributed by atoms with E-state index in [0.717, 1.165) is 20.9 Å². The Hall–Kier alpha value is -4.27. The van der Waals surface area contributed by atoms with E-state index in [4.69, 9.17) is 0 Å². The van der Waals surface area contributed by atoms with Crippen LogP contribution in [-0.4, -0.2) is 5.91 Å². The summed E-state index contributed by atoms with van der Waals surface area (Å²) in [4.78, 5) is 14.9. The van der Waals surface area contributed by atoms with Gasteiger partial charge in [0.2, 0.25) is 0 Å². The second kappa shape index (κ2) is 11.6. The van der Waals surface area contributed by atoms with Crippen molar-refractivity contribution in [3.05, 3.63) is 138 Å². The number of carbonyl (C=O) groups excluding carboxylic acids is 1. The van der Waals surface area contributed by atoms with Gasteiger partial charge in [-0.05, 0) is 35.4 Å². The standard InChI is InChI=1S/C29H23N3OS/c30-20-24(21-31-28(22-12-4-1-5-13-22)23-14-6-2-7-15-23)29(33)32-26-18-10-11-19-27(26)34-25-16-8-3-9-17-25/h1-19,21,28,31H,(H,32,33)/b24-21-. The molecule has 5 heteroatoms. The average Bonchev–Trinajstić information content (AvgIpc) is 2.89. The van der Waals surface area contributed by atoms with Crippen molar-refractivity contribution in [2.75, 3.05) is 5.32 Å². The minimum absolute atomic E-state index is 0.00336. The number of nitrogens with zero attached hydrogens (tertiary/aromatic N) is 1. The second-order valence-electron chi connectivity index (χ2n) is 7.46. The maximum Gasteiger partial charge on any atom is 0.267 e. The monoisotopic (exact) mass is 461 g/mol. The van der Waals surface area contributed by atoms with Gasteiger partial charge in [-0.1, -0.05) is 103 Å². The van der Waals surface area contributed by atoms with Gasteiger partial charge in [-0.3, -0.25) is 4.79 Å². The van der Waals surface area contributed by atoms with Gasteiger partial charge in [0.1, 0.15) is 11.6 Å². The van der Waals surface area contributed by atoms with Crippen molar-refractivity contribution < 1.29 is 4.79 Å². The fourth-order valence-corrected chi connectivity index (χ4v) is 4.38. The molecule has 0 fully saturated rings. The van der Waals surface area contributed by atoms with Crippen molar-refractivity contribution in [1.82, 2.24) is 5.32 Å². The number of hydrogen-bond donors (Lipinski definition) is 2. The molecule has 0 radical (unpaired) electrons. The highest BCUT2D eigenvalue weighted by atomic mass is 32.2. The molecule has 0 heterocycles. The molecule has 4 nitrogen and oxygen atoms in total. The molecule has 0 saturated heterocycles. The molecule has 4 aromatic carbocycles. The fraction of sp³-hybridized carbons (Fsp3) is 0.0345. The van der Waals surface area contributed by atoms with Gasteiger partial charge in [0, 0.05) is 16.0 Å². The number of para-hydroxylation sites is 1. The molecule has 0 aliphatic heterocycles. The molecule has 1 amide bonds. The lowest BCUT2D eigenvalue weighted by Crippen LogP contribution is -2.21. The van der Waals surface area contributed by atoms with Crippen LogP contribution in [-0.2, 0) is 4.79 Å². The van der Waals surface area contributed by atoms with Gasteiger partial charge in [-0.25, -0.2) is 0 Å². The number of nitriles is 1. The summed E-state index contributed by atoms with van der Waals surface area (Å²) in [5, 5.41) is 15.9. The lowest BCUT2D eigenvalue weighted by atomic mass is 9.99. The Labute approximate surface area is 204 Å². The highest BCUT2D eigenvalue weighted by Crippen LogP contribution is 2.33. The first kappa shape index (κ1) is 22.9. The summed E-state index contributed by atoms with van der Waals surface area (Å²) in [6.07, 6.45) is 1.49. The van der Waals surface area contributed by atoms with Crippen molar-refractivity contribution in [3.8, 4) is 6.07 Å². The Bertz CT molecular complexity index is 1260. The highest BCUT2D eigenvalue weighted by Gasteiger charge is 2.16. The fourth-order valence-electron chi connectivity index (χ4n) is 3.46. The lowest BCUT2D eigenvalue weighted by Gasteiger charge is -2.19. The molecule has 0 spiro atoms. The van der Waals surface area contributed by atoms with Gasteiger partial charge in [0.15, 0.2) is 0 Å². The van der Waals surface area contributed by atoms with Gasteiger partial charge >= 0.3 is 0 Å². The van der Waals surface area contributed by atoms with E-state index < -0.39 is 5.91 Å². The minimum atomic E-state index is -0.462. The third-order valence-corrected chi connectivity index (χ3v) is 6.22. The van der Waals surface area contributed by atoms with Crippen molar-refractivity contribution in [2.45, 2.75) is 15.8 Å². The summed E-state index contributed by atoms with van der Waals surface area (Å²) in [6.45, 7) is 0. The Balaban J connectivity index is 1.54. The maximum atomic E-state index is 13.0. The molecule has 4 aromatic rings. The molecule has 0 atom stereocenters. The van der Waals surface area contributed by atoms with Crippen molar-refractivity contribution in [1.29, 1.82) is 5.26 Å². The molecular formula is C29H23N3OS. The first-order valence-electron chi connectivity index (χ1n) is 10.8. The minimum Gasteiger partial charge on any atom is -0.379 e. The van der Waals surface area contributed by atoms with E-state index in [1.807, 2.05) is 121 Å². The van der Waals surface area contributed by atoms with Gasteiger partial charge in [0.25, 0.3) is 5.91 Å². The maximum absolute atomic E-state index is 13.0. The summed E-state index contributed by atoms with van der Waals surface area (Å²) in [6, 6.07) is 39.2. The van der Waals surface area contributed by atoms with E-state index in [-0.39, 0.29) is 11.6 Å². The molecule has 0 bridgehead atoms. The summed E-state index contributed by atoms with van der Waals surface area (Å²) in [5.74, 6) is -0.462. The summed E-state index contributed by atoms with van der Waals surface area (Å²) < 4.78 is 0. The van der Waals surface area contributed by atoms with Crippen LogP contribution in [0.4, 0.5) is 5.69 Å². The van der Waals surface area contributed by atoms with Crippen LogP contribution >= 0.6 is 11.8 Å². The molecule has 0 aliphatic carbocycles. The zero-order valence-corrected chi connectivity index (χ0v) is 19.2. The van der Waals surface area contributed by atoms with E-state index in [0.29, 0.717) is 5.69 Å². The molecule has 0 aromatic heterocycles. The molecule has 0 unspecified atom stereocenters. The van der Waals surface area contributed by atoms with Crippen LogP contribution < -0.4 is 10.6 Å². The number of amides is 1. The van der Waals surface area contributed by atoms with Gasteiger partial charge in [-0.2, -0.15) is 5.26 Å². The molecule has 0 aliphatic rings. The normalized spacial score (nSPS) is 11.0. The molecule has 0 saturated carbocycles. The summed E-state index contributed by atoms with van der Waals surface area (Å²) in [5.41, 5.74) is 2.72. The molecule has 166 valence electrons. The van der Waals surface area contributed by atoms with E-state index in [2.05, 4.69) is 10.6 Å². The van der Waals surface area contributed by atoms with E-state index in [1.54, 1.807) is 11.8 Å². The average molecular weight is 462 g/mol. The molecule has 4 rings (SSSR count). The Morgan fingerprint density at radius 2 is 1.29 bits per heavy atom. The number of nitrogens with one attached hydrogen (secondary N) is 2. The largest absolute Gasteiger partial charge is 0.379 e. The zero-order chi connectivity index (χ0) is 23.6. The third-order valence-electron chi connectivity index (χ3n) is 5.13. The van der Waals surface area contributed by atoms with Crippen LogP contribution in [0.5, 0.6) is 0 Å². The quantitative estimate of drug-likeness (QED) is 0.230. The molecule has 34 heavy (non-hydrogen) atoms. The van der Waals surface area contributed by atoms with E-state index in [9.17, 15) is 10.1 Å². The third kappa shape index (κ3) is 5.94. The predicted molar refractivity (Wildman–Crippen MR) is 137 cm³/mol. The topological polar surface area (TPSA) is 64.9 Å².